The molecule has 0 saturated heterocycles. The van der Waals surface area contributed by atoms with Crippen molar-refractivity contribution < 1.29 is 9.53 Å². The van der Waals surface area contributed by atoms with Gasteiger partial charge in [0, 0.05) is 12.2 Å². The first-order chi connectivity index (χ1) is 6.24. The second-order valence-electron chi connectivity index (χ2n) is 2.93. The van der Waals surface area contributed by atoms with E-state index < -0.39 is 0 Å². The predicted octanol–water partition coefficient (Wildman–Crippen LogP) is 2.21. The summed E-state index contributed by atoms with van der Waals surface area (Å²) in [5.74, 6) is 0.0468. The molecule has 0 aliphatic carbocycles. The van der Waals surface area contributed by atoms with Crippen molar-refractivity contribution in [3.8, 4) is 0 Å². The minimum absolute atomic E-state index is 0.0468. The number of rotatable bonds is 4. The van der Waals surface area contributed by atoms with E-state index in [-0.39, 0.29) is 12.4 Å². The number of hydrogen-bond donors (Lipinski definition) is 0. The fourth-order valence-corrected chi connectivity index (χ4v) is 1.10. The second-order valence-corrected chi connectivity index (χ2v) is 2.93. The van der Waals surface area contributed by atoms with E-state index in [0.717, 1.165) is 11.1 Å². The summed E-state index contributed by atoms with van der Waals surface area (Å²) in [5.41, 5.74) is 1.83. The number of hydrogen-bond acceptors (Lipinski definition) is 2. The molecular weight excluding hydrogens is 164 g/mol. The van der Waals surface area contributed by atoms with Crippen LogP contribution < -0.4 is 0 Å². The van der Waals surface area contributed by atoms with Crippen molar-refractivity contribution in [1.82, 2.24) is 0 Å². The van der Waals surface area contributed by atoms with Crippen molar-refractivity contribution in [2.75, 3.05) is 13.2 Å². The monoisotopic (exact) mass is 178 g/mol. The highest BCUT2D eigenvalue weighted by Crippen LogP contribution is 2.04. The van der Waals surface area contributed by atoms with Crippen molar-refractivity contribution in [2.24, 2.45) is 0 Å². The molecule has 1 aromatic carbocycles. The van der Waals surface area contributed by atoms with Gasteiger partial charge in [-0.25, -0.2) is 0 Å². The minimum atomic E-state index is 0.0468. The molecule has 70 valence electrons. The van der Waals surface area contributed by atoms with E-state index in [0.29, 0.717) is 6.61 Å². The van der Waals surface area contributed by atoms with E-state index in [1.54, 1.807) is 0 Å². The molecule has 0 spiro atoms. The van der Waals surface area contributed by atoms with Gasteiger partial charge in [0.2, 0.25) is 0 Å². The Kier molecular flexibility index (Phi) is 3.65. The Labute approximate surface area is 78.5 Å². The van der Waals surface area contributed by atoms with Crippen LogP contribution in [0.5, 0.6) is 0 Å². The van der Waals surface area contributed by atoms with Gasteiger partial charge < -0.3 is 4.74 Å². The highest BCUT2D eigenvalue weighted by molar-refractivity contribution is 5.97. The molecule has 0 heterocycles. The topological polar surface area (TPSA) is 26.3 Å². The Balaban J connectivity index is 2.66. The van der Waals surface area contributed by atoms with Crippen molar-refractivity contribution in [3.05, 3.63) is 35.4 Å². The third-order valence-corrected chi connectivity index (χ3v) is 1.78. The lowest BCUT2D eigenvalue weighted by Crippen LogP contribution is -2.08. The van der Waals surface area contributed by atoms with Gasteiger partial charge in [0.1, 0.15) is 6.61 Å². The zero-order valence-electron chi connectivity index (χ0n) is 8.04. The lowest BCUT2D eigenvalue weighted by molar-refractivity contribution is 0.0783. The number of ether oxygens (including phenoxy) is 1. The Bertz CT molecular complexity index is 292. The van der Waals surface area contributed by atoms with E-state index in [1.807, 2.05) is 38.1 Å². The fraction of sp³-hybridized carbons (Fsp3) is 0.364. The minimum Gasteiger partial charge on any atom is -0.374 e. The fourth-order valence-electron chi connectivity index (χ4n) is 1.10. The van der Waals surface area contributed by atoms with Crippen LogP contribution in [0.4, 0.5) is 0 Å². The van der Waals surface area contributed by atoms with Gasteiger partial charge in [-0.1, -0.05) is 23.8 Å². The molecule has 13 heavy (non-hydrogen) atoms. The highest BCUT2D eigenvalue weighted by Gasteiger charge is 2.04. The number of benzene rings is 1. The van der Waals surface area contributed by atoms with Gasteiger partial charge in [0.25, 0.3) is 0 Å². The van der Waals surface area contributed by atoms with Gasteiger partial charge in [-0.05, 0) is 19.9 Å². The van der Waals surface area contributed by atoms with Crippen LogP contribution >= 0.6 is 0 Å². The summed E-state index contributed by atoms with van der Waals surface area (Å²) < 4.78 is 5.04. The third kappa shape index (κ3) is 2.99. The summed E-state index contributed by atoms with van der Waals surface area (Å²) in [6.07, 6.45) is 0. The molecule has 0 aromatic heterocycles. The molecule has 1 aromatic rings. The molecule has 2 heteroatoms. The standard InChI is InChI=1S/C11H14O2/c1-3-13-8-11(12)10-6-4-5-9(2)7-10/h4-7H,3,8H2,1-2H3. The van der Waals surface area contributed by atoms with Crippen LogP contribution in [0.2, 0.25) is 0 Å². The zero-order valence-corrected chi connectivity index (χ0v) is 8.04. The summed E-state index contributed by atoms with van der Waals surface area (Å²) in [6.45, 7) is 4.61. The molecule has 0 bridgehead atoms. The van der Waals surface area contributed by atoms with E-state index >= 15 is 0 Å². The van der Waals surface area contributed by atoms with Crippen LogP contribution in [0.3, 0.4) is 0 Å². The summed E-state index contributed by atoms with van der Waals surface area (Å²) in [5, 5.41) is 0. The first kappa shape index (κ1) is 9.93. The van der Waals surface area contributed by atoms with E-state index in [2.05, 4.69) is 0 Å². The van der Waals surface area contributed by atoms with Gasteiger partial charge in [0.05, 0.1) is 0 Å². The normalized spacial score (nSPS) is 10.0. The van der Waals surface area contributed by atoms with E-state index in [9.17, 15) is 4.79 Å². The van der Waals surface area contributed by atoms with Gasteiger partial charge in [-0.3, -0.25) is 4.79 Å². The van der Waals surface area contributed by atoms with Crippen LogP contribution in [0.15, 0.2) is 24.3 Å². The number of carbonyl (C=O) groups is 1. The predicted molar refractivity (Wildman–Crippen MR) is 52.0 cm³/mol. The Morgan fingerprint density at radius 3 is 2.85 bits per heavy atom. The Morgan fingerprint density at radius 2 is 2.23 bits per heavy atom. The molecule has 0 atom stereocenters. The number of carbonyl (C=O) groups excluding carboxylic acids is 1. The molecule has 0 aliphatic rings. The average molecular weight is 178 g/mol. The average Bonchev–Trinajstić information content (AvgIpc) is 2.14. The molecular formula is C11H14O2. The van der Waals surface area contributed by atoms with Crippen molar-refractivity contribution in [3.63, 3.8) is 0 Å². The van der Waals surface area contributed by atoms with Crippen LogP contribution in [0, 0.1) is 6.92 Å². The van der Waals surface area contributed by atoms with Gasteiger partial charge in [0.15, 0.2) is 5.78 Å². The van der Waals surface area contributed by atoms with E-state index in [1.165, 1.54) is 0 Å². The lowest BCUT2D eigenvalue weighted by atomic mass is 10.1. The lowest BCUT2D eigenvalue weighted by Gasteiger charge is -2.01. The molecule has 0 aliphatic heterocycles. The van der Waals surface area contributed by atoms with Crippen molar-refractivity contribution >= 4 is 5.78 Å². The first-order valence-electron chi connectivity index (χ1n) is 4.41. The molecule has 0 fully saturated rings. The van der Waals surface area contributed by atoms with Crippen molar-refractivity contribution in [2.45, 2.75) is 13.8 Å². The van der Waals surface area contributed by atoms with Crippen LogP contribution in [0.1, 0.15) is 22.8 Å². The molecule has 2 nitrogen and oxygen atoms in total. The maximum absolute atomic E-state index is 11.4. The summed E-state index contributed by atoms with van der Waals surface area (Å²) in [7, 11) is 0. The maximum atomic E-state index is 11.4. The number of Topliss-reactive ketones (excluding diaryl/α,β-unsaturated/α-hetero) is 1. The van der Waals surface area contributed by atoms with Gasteiger partial charge in [-0.15, -0.1) is 0 Å². The third-order valence-electron chi connectivity index (χ3n) is 1.78. The van der Waals surface area contributed by atoms with Gasteiger partial charge in [-0.2, -0.15) is 0 Å². The Hall–Kier alpha value is -1.15. The second kappa shape index (κ2) is 4.77. The number of aryl methyl sites for hydroxylation is 1. The van der Waals surface area contributed by atoms with Crippen LogP contribution in [0.25, 0.3) is 0 Å². The molecule has 1 rings (SSSR count). The first-order valence-corrected chi connectivity index (χ1v) is 4.41. The Morgan fingerprint density at radius 1 is 1.46 bits per heavy atom. The van der Waals surface area contributed by atoms with E-state index in [4.69, 9.17) is 4.74 Å². The molecule has 0 saturated carbocycles. The van der Waals surface area contributed by atoms with Crippen LogP contribution in [-0.4, -0.2) is 19.0 Å². The quantitative estimate of drug-likeness (QED) is 0.661. The SMILES string of the molecule is CCOCC(=O)c1cccc(C)c1. The smallest absolute Gasteiger partial charge is 0.188 e. The van der Waals surface area contributed by atoms with Gasteiger partial charge >= 0.3 is 0 Å². The van der Waals surface area contributed by atoms with Crippen LogP contribution in [-0.2, 0) is 4.74 Å². The highest BCUT2D eigenvalue weighted by atomic mass is 16.5. The van der Waals surface area contributed by atoms with Crippen molar-refractivity contribution in [1.29, 1.82) is 0 Å². The maximum Gasteiger partial charge on any atom is 0.188 e. The number of ketones is 1. The zero-order chi connectivity index (χ0) is 9.68. The molecule has 0 amide bonds. The molecule has 0 radical (unpaired) electrons. The summed E-state index contributed by atoms with van der Waals surface area (Å²) in [4.78, 5) is 11.4. The molecule has 0 N–H and O–H groups in total. The summed E-state index contributed by atoms with van der Waals surface area (Å²) in [6, 6.07) is 7.54. The summed E-state index contributed by atoms with van der Waals surface area (Å²) >= 11 is 0. The largest absolute Gasteiger partial charge is 0.374 e. The molecule has 0 unspecified atom stereocenters.